The third-order valence-electron chi connectivity index (χ3n) is 3.73. The van der Waals surface area contributed by atoms with E-state index in [1.54, 1.807) is 29.5 Å². The topological polar surface area (TPSA) is 71.5 Å². The van der Waals surface area contributed by atoms with Crippen LogP contribution in [-0.4, -0.2) is 40.9 Å². The van der Waals surface area contributed by atoms with Crippen LogP contribution in [0.2, 0.25) is 0 Å². The lowest BCUT2D eigenvalue weighted by Gasteiger charge is -2.26. The van der Waals surface area contributed by atoms with Crippen molar-refractivity contribution in [3.05, 3.63) is 45.9 Å². The first-order valence-corrected chi connectivity index (χ1v) is 9.40. The van der Waals surface area contributed by atoms with E-state index in [-0.39, 0.29) is 23.9 Å². The summed E-state index contributed by atoms with van der Waals surface area (Å²) >= 11 is 1.38. The van der Waals surface area contributed by atoms with Crippen LogP contribution in [0.1, 0.15) is 53.5 Å². The van der Waals surface area contributed by atoms with E-state index in [0.717, 1.165) is 5.01 Å². The molecule has 1 aromatic carbocycles. The normalized spacial score (nSPS) is 10.9. The first-order valence-electron chi connectivity index (χ1n) is 8.52. The molecule has 7 heteroatoms. The Bertz CT molecular complexity index is 771. The molecular formula is C19H25N3O3S. The van der Waals surface area contributed by atoms with E-state index in [1.807, 2.05) is 39.8 Å². The van der Waals surface area contributed by atoms with Crippen LogP contribution in [0.25, 0.3) is 0 Å². The predicted molar refractivity (Wildman–Crippen MR) is 103 cm³/mol. The third kappa shape index (κ3) is 4.82. The number of thiazole rings is 1. The summed E-state index contributed by atoms with van der Waals surface area (Å²) in [5, 5.41) is 5.26. The molecule has 1 heterocycles. The van der Waals surface area contributed by atoms with Crippen molar-refractivity contribution in [3.8, 4) is 5.75 Å². The molecule has 0 bridgehead atoms. The van der Waals surface area contributed by atoms with Crippen molar-refractivity contribution in [2.45, 2.75) is 46.3 Å². The highest BCUT2D eigenvalue weighted by atomic mass is 32.1. The molecule has 2 amide bonds. The number of carbonyl (C=O) groups is 2. The van der Waals surface area contributed by atoms with E-state index in [0.29, 0.717) is 23.6 Å². The number of hydrogen-bond acceptors (Lipinski definition) is 5. The molecule has 140 valence electrons. The van der Waals surface area contributed by atoms with Gasteiger partial charge >= 0.3 is 0 Å². The Morgan fingerprint density at radius 2 is 1.92 bits per heavy atom. The quantitative estimate of drug-likeness (QED) is 0.806. The van der Waals surface area contributed by atoms with Gasteiger partial charge in [0.25, 0.3) is 11.8 Å². The number of para-hydroxylation sites is 1. The van der Waals surface area contributed by atoms with Gasteiger partial charge in [0.15, 0.2) is 0 Å². The van der Waals surface area contributed by atoms with Crippen LogP contribution in [0.3, 0.4) is 0 Å². The number of benzene rings is 1. The van der Waals surface area contributed by atoms with Gasteiger partial charge in [-0.25, -0.2) is 4.98 Å². The molecule has 26 heavy (non-hydrogen) atoms. The van der Waals surface area contributed by atoms with Gasteiger partial charge in [0, 0.05) is 17.5 Å². The van der Waals surface area contributed by atoms with Gasteiger partial charge in [-0.15, -0.1) is 11.3 Å². The summed E-state index contributed by atoms with van der Waals surface area (Å²) in [6.07, 6.45) is 0. The lowest BCUT2D eigenvalue weighted by atomic mass is 10.1. The van der Waals surface area contributed by atoms with Crippen LogP contribution in [0.4, 0.5) is 0 Å². The van der Waals surface area contributed by atoms with E-state index in [2.05, 4.69) is 10.3 Å². The first-order chi connectivity index (χ1) is 12.3. The molecule has 1 N–H and O–H groups in total. The molecule has 0 aliphatic carbocycles. The summed E-state index contributed by atoms with van der Waals surface area (Å²) < 4.78 is 5.31. The Balaban J connectivity index is 2.20. The van der Waals surface area contributed by atoms with Gasteiger partial charge in [0.2, 0.25) is 0 Å². The monoisotopic (exact) mass is 375 g/mol. The van der Waals surface area contributed by atoms with Gasteiger partial charge < -0.3 is 15.0 Å². The van der Waals surface area contributed by atoms with Crippen molar-refractivity contribution >= 4 is 23.2 Å². The van der Waals surface area contributed by atoms with Gasteiger partial charge in [-0.2, -0.15) is 0 Å². The predicted octanol–water partition coefficient (Wildman–Crippen LogP) is 3.34. The average molecular weight is 375 g/mol. The Labute approximate surface area is 158 Å². The number of hydrogen-bond donors (Lipinski definition) is 1. The van der Waals surface area contributed by atoms with Gasteiger partial charge in [0.1, 0.15) is 16.5 Å². The van der Waals surface area contributed by atoms with Crippen LogP contribution in [0.5, 0.6) is 5.75 Å². The molecule has 0 saturated heterocycles. The summed E-state index contributed by atoms with van der Waals surface area (Å²) in [6, 6.07) is 7.18. The van der Waals surface area contributed by atoms with Crippen LogP contribution in [0.15, 0.2) is 29.6 Å². The highest BCUT2D eigenvalue weighted by Crippen LogP contribution is 2.22. The Kier molecular flexibility index (Phi) is 6.74. The minimum Gasteiger partial charge on any atom is -0.496 e. The van der Waals surface area contributed by atoms with E-state index >= 15 is 0 Å². The molecule has 2 rings (SSSR count). The second-order valence-corrected chi connectivity index (χ2v) is 7.42. The molecule has 0 aliphatic heterocycles. The number of nitrogens with zero attached hydrogens (tertiary/aromatic N) is 2. The van der Waals surface area contributed by atoms with E-state index in [9.17, 15) is 9.59 Å². The third-order valence-corrected chi connectivity index (χ3v) is 4.56. The number of nitrogens with one attached hydrogen (secondary N) is 1. The maximum atomic E-state index is 13.0. The Hall–Kier alpha value is -2.41. The molecule has 0 spiro atoms. The number of aromatic nitrogens is 1. The first kappa shape index (κ1) is 19.9. The van der Waals surface area contributed by atoms with Crippen molar-refractivity contribution < 1.29 is 14.3 Å². The summed E-state index contributed by atoms with van der Waals surface area (Å²) in [5.74, 6) is 0.217. The molecule has 0 fully saturated rings. The van der Waals surface area contributed by atoms with Gasteiger partial charge in [-0.1, -0.05) is 12.1 Å². The minimum atomic E-state index is -0.199. The second-order valence-electron chi connectivity index (χ2n) is 6.48. The Morgan fingerprint density at radius 1 is 1.23 bits per heavy atom. The van der Waals surface area contributed by atoms with Crippen LogP contribution < -0.4 is 10.1 Å². The fraction of sp³-hybridized carbons (Fsp3) is 0.421. The number of rotatable bonds is 7. The van der Waals surface area contributed by atoms with Gasteiger partial charge in [0.05, 0.1) is 19.2 Å². The summed E-state index contributed by atoms with van der Waals surface area (Å²) in [7, 11) is 1.55. The number of ether oxygens (including phenoxy) is 1. The fourth-order valence-corrected chi connectivity index (χ4v) is 3.21. The second kappa shape index (κ2) is 8.80. The smallest absolute Gasteiger partial charge is 0.270 e. The van der Waals surface area contributed by atoms with Crippen LogP contribution >= 0.6 is 11.3 Å². The zero-order valence-corrected chi connectivity index (χ0v) is 16.6. The van der Waals surface area contributed by atoms with Crippen LogP contribution in [0, 0.1) is 0 Å². The average Bonchev–Trinajstić information content (AvgIpc) is 3.07. The SMILES string of the molecule is COc1ccccc1C(=O)N(Cc1nc(C(=O)NC(C)C)cs1)C(C)C. The van der Waals surface area contributed by atoms with Crippen molar-refractivity contribution in [3.63, 3.8) is 0 Å². The van der Waals surface area contributed by atoms with Crippen LogP contribution in [-0.2, 0) is 6.54 Å². The fourth-order valence-electron chi connectivity index (χ4n) is 2.43. The molecule has 0 atom stereocenters. The van der Waals surface area contributed by atoms with Crippen molar-refractivity contribution in [1.82, 2.24) is 15.2 Å². The van der Waals surface area contributed by atoms with E-state index < -0.39 is 0 Å². The van der Waals surface area contributed by atoms with E-state index in [4.69, 9.17) is 4.74 Å². The number of amides is 2. The molecule has 0 saturated carbocycles. The summed E-state index contributed by atoms with van der Waals surface area (Å²) in [4.78, 5) is 31.2. The zero-order valence-electron chi connectivity index (χ0n) is 15.8. The Morgan fingerprint density at radius 3 is 2.54 bits per heavy atom. The van der Waals surface area contributed by atoms with Gasteiger partial charge in [-0.3, -0.25) is 9.59 Å². The van der Waals surface area contributed by atoms with E-state index in [1.165, 1.54) is 11.3 Å². The lowest BCUT2D eigenvalue weighted by Crippen LogP contribution is -2.36. The zero-order chi connectivity index (χ0) is 19.3. The molecule has 0 aliphatic rings. The molecule has 0 unspecified atom stereocenters. The standard InChI is InChI=1S/C19H25N3O3S/c1-12(2)20-18(23)15-11-26-17(21-15)10-22(13(3)4)19(24)14-8-6-7-9-16(14)25-5/h6-9,11-13H,10H2,1-5H3,(H,20,23). The molecule has 6 nitrogen and oxygen atoms in total. The molecular weight excluding hydrogens is 350 g/mol. The maximum absolute atomic E-state index is 13.0. The molecule has 1 aromatic heterocycles. The maximum Gasteiger partial charge on any atom is 0.270 e. The summed E-state index contributed by atoms with van der Waals surface area (Å²) in [5.41, 5.74) is 0.894. The summed E-state index contributed by atoms with van der Waals surface area (Å²) in [6.45, 7) is 8.05. The molecule has 2 aromatic rings. The van der Waals surface area contributed by atoms with Gasteiger partial charge in [-0.05, 0) is 39.8 Å². The lowest BCUT2D eigenvalue weighted by molar-refractivity contribution is 0.0686. The number of methoxy groups -OCH3 is 1. The van der Waals surface area contributed by atoms with Crippen molar-refractivity contribution in [1.29, 1.82) is 0 Å². The largest absolute Gasteiger partial charge is 0.496 e. The highest BCUT2D eigenvalue weighted by molar-refractivity contribution is 7.09. The number of carbonyl (C=O) groups excluding carboxylic acids is 2. The molecule has 0 radical (unpaired) electrons. The van der Waals surface area contributed by atoms with Crippen molar-refractivity contribution in [2.75, 3.05) is 7.11 Å². The minimum absolute atomic E-state index is 0.0238. The highest BCUT2D eigenvalue weighted by Gasteiger charge is 2.23. The van der Waals surface area contributed by atoms with Crippen molar-refractivity contribution in [2.24, 2.45) is 0 Å².